The van der Waals surface area contributed by atoms with Crippen molar-refractivity contribution in [2.24, 2.45) is 4.40 Å². The number of likely N-dealkylation sites (N-methyl/N-ethyl adjacent to an activating group) is 1. The van der Waals surface area contributed by atoms with Gasteiger partial charge in [-0.15, -0.1) is 4.40 Å². The maximum atomic E-state index is 13.8. The summed E-state index contributed by atoms with van der Waals surface area (Å²) in [6.07, 6.45) is 0. The molecule has 0 aromatic heterocycles. The standard InChI is InChI=1S/C16H13ClFN3O3S/c1-21(9-14(22)19-12-7-4-6-11(17)15(12)18)16-10-5-2-3-8-13(10)25(23,24)20-16/h2-8H,9H2,1H3,(H,19,22). The van der Waals surface area contributed by atoms with Crippen molar-refractivity contribution in [3.63, 3.8) is 0 Å². The van der Waals surface area contributed by atoms with Crippen molar-refractivity contribution in [3.05, 3.63) is 58.9 Å². The Hall–Kier alpha value is -2.45. The number of fused-ring (bicyclic) bond motifs is 1. The number of anilines is 1. The van der Waals surface area contributed by atoms with Crippen molar-refractivity contribution >= 4 is 39.1 Å². The Morgan fingerprint density at radius 2 is 1.96 bits per heavy atom. The molecular formula is C16H13ClFN3O3S. The molecule has 0 unspecified atom stereocenters. The molecule has 0 spiro atoms. The second-order valence-corrected chi connectivity index (χ2v) is 7.37. The number of carbonyl (C=O) groups is 1. The molecule has 1 N–H and O–H groups in total. The van der Waals surface area contributed by atoms with Gasteiger partial charge in [-0.2, -0.15) is 8.42 Å². The van der Waals surface area contributed by atoms with E-state index in [-0.39, 0.29) is 28.0 Å². The number of nitrogens with zero attached hydrogens (tertiary/aromatic N) is 2. The van der Waals surface area contributed by atoms with Gasteiger partial charge in [0, 0.05) is 12.6 Å². The predicted octanol–water partition coefficient (Wildman–Crippen LogP) is 2.50. The summed E-state index contributed by atoms with van der Waals surface area (Å²) in [6, 6.07) is 10.6. The first-order valence-corrected chi connectivity index (χ1v) is 9.01. The van der Waals surface area contributed by atoms with Crippen LogP contribution in [0.5, 0.6) is 0 Å². The molecule has 25 heavy (non-hydrogen) atoms. The van der Waals surface area contributed by atoms with Crippen LogP contribution < -0.4 is 5.32 Å². The molecule has 0 aliphatic carbocycles. The average Bonchev–Trinajstić information content (AvgIpc) is 2.84. The van der Waals surface area contributed by atoms with E-state index in [9.17, 15) is 17.6 Å². The Kier molecular flexibility index (Phi) is 4.49. The minimum absolute atomic E-state index is 0.0488. The van der Waals surface area contributed by atoms with Gasteiger partial charge in [-0.05, 0) is 24.3 Å². The van der Waals surface area contributed by atoms with Crippen LogP contribution in [0.25, 0.3) is 0 Å². The topological polar surface area (TPSA) is 78.8 Å². The minimum atomic E-state index is -3.77. The number of sulfonamides is 1. The number of amides is 1. The summed E-state index contributed by atoms with van der Waals surface area (Å²) in [5.41, 5.74) is 0.374. The summed E-state index contributed by atoms with van der Waals surface area (Å²) in [5, 5.41) is 2.30. The molecule has 0 saturated carbocycles. The number of hydrogen-bond donors (Lipinski definition) is 1. The summed E-state index contributed by atoms with van der Waals surface area (Å²) in [7, 11) is -2.24. The van der Waals surface area contributed by atoms with Crippen molar-refractivity contribution in [3.8, 4) is 0 Å². The third kappa shape index (κ3) is 3.35. The highest BCUT2D eigenvalue weighted by molar-refractivity contribution is 7.90. The first-order chi connectivity index (χ1) is 11.8. The fourth-order valence-corrected chi connectivity index (χ4v) is 3.87. The van der Waals surface area contributed by atoms with Crippen LogP contribution in [0.3, 0.4) is 0 Å². The van der Waals surface area contributed by atoms with Crippen molar-refractivity contribution < 1.29 is 17.6 Å². The number of benzene rings is 2. The largest absolute Gasteiger partial charge is 0.349 e. The zero-order valence-corrected chi connectivity index (χ0v) is 14.6. The molecule has 130 valence electrons. The Labute approximate surface area is 149 Å². The van der Waals surface area contributed by atoms with Crippen LogP contribution in [0.1, 0.15) is 5.56 Å². The normalized spacial score (nSPS) is 14.6. The van der Waals surface area contributed by atoms with Gasteiger partial charge in [-0.1, -0.05) is 29.8 Å². The van der Waals surface area contributed by atoms with Gasteiger partial charge in [0.15, 0.2) is 11.7 Å². The van der Waals surface area contributed by atoms with Crippen LogP contribution >= 0.6 is 11.6 Å². The van der Waals surface area contributed by atoms with Crippen LogP contribution in [-0.4, -0.2) is 38.7 Å². The number of amidine groups is 1. The van der Waals surface area contributed by atoms with Crippen LogP contribution in [0.2, 0.25) is 5.02 Å². The summed E-state index contributed by atoms with van der Waals surface area (Å²) >= 11 is 5.67. The molecule has 1 aliphatic heterocycles. The third-order valence-corrected chi connectivity index (χ3v) is 5.20. The highest BCUT2D eigenvalue weighted by Gasteiger charge is 2.30. The SMILES string of the molecule is CN(CC(=O)Nc1cccc(Cl)c1F)C1=NS(=O)(=O)c2ccccc21. The lowest BCUT2D eigenvalue weighted by atomic mass is 10.2. The van der Waals surface area contributed by atoms with E-state index in [0.29, 0.717) is 5.56 Å². The lowest BCUT2D eigenvalue weighted by molar-refractivity contribution is -0.116. The zero-order valence-electron chi connectivity index (χ0n) is 13.0. The maximum Gasteiger partial charge on any atom is 0.285 e. The van der Waals surface area contributed by atoms with E-state index in [1.165, 1.54) is 36.2 Å². The van der Waals surface area contributed by atoms with Gasteiger partial charge in [-0.3, -0.25) is 4.79 Å². The molecule has 0 fully saturated rings. The predicted molar refractivity (Wildman–Crippen MR) is 92.8 cm³/mol. The second kappa shape index (κ2) is 6.45. The van der Waals surface area contributed by atoms with Crippen LogP contribution in [0.15, 0.2) is 51.8 Å². The lowest BCUT2D eigenvalue weighted by Gasteiger charge is -2.18. The molecule has 0 saturated heterocycles. The van der Waals surface area contributed by atoms with Gasteiger partial charge in [0.05, 0.1) is 17.3 Å². The van der Waals surface area contributed by atoms with Gasteiger partial charge in [0.1, 0.15) is 4.90 Å². The summed E-state index contributed by atoms with van der Waals surface area (Å²) in [6.45, 7) is -0.214. The molecule has 1 amide bonds. The molecule has 2 aromatic rings. The molecule has 1 aliphatic rings. The third-order valence-electron chi connectivity index (χ3n) is 3.58. The molecule has 6 nitrogen and oxygen atoms in total. The van der Waals surface area contributed by atoms with Crippen LogP contribution in [0.4, 0.5) is 10.1 Å². The number of nitrogens with one attached hydrogen (secondary N) is 1. The van der Waals surface area contributed by atoms with E-state index in [2.05, 4.69) is 9.71 Å². The highest BCUT2D eigenvalue weighted by atomic mass is 35.5. The molecule has 0 atom stereocenters. The number of carbonyl (C=O) groups excluding carboxylic acids is 1. The molecule has 2 aromatic carbocycles. The number of halogens is 2. The average molecular weight is 382 g/mol. The fourth-order valence-electron chi connectivity index (χ4n) is 2.44. The molecular weight excluding hydrogens is 369 g/mol. The first-order valence-electron chi connectivity index (χ1n) is 7.19. The van der Waals surface area contributed by atoms with E-state index in [1.807, 2.05) is 0 Å². The van der Waals surface area contributed by atoms with E-state index in [1.54, 1.807) is 18.2 Å². The molecule has 1 heterocycles. The molecule has 3 rings (SSSR count). The zero-order chi connectivity index (χ0) is 18.2. The molecule has 9 heteroatoms. The summed E-state index contributed by atoms with van der Waals surface area (Å²) in [4.78, 5) is 13.6. The Morgan fingerprint density at radius 1 is 1.24 bits per heavy atom. The number of hydrogen-bond acceptors (Lipinski definition) is 4. The van der Waals surface area contributed by atoms with Gasteiger partial charge in [0.2, 0.25) is 5.91 Å². The first kappa shape index (κ1) is 17.4. The minimum Gasteiger partial charge on any atom is -0.349 e. The van der Waals surface area contributed by atoms with E-state index < -0.39 is 21.7 Å². The lowest BCUT2D eigenvalue weighted by Crippen LogP contribution is -2.35. The molecule has 0 bridgehead atoms. The van der Waals surface area contributed by atoms with Crippen molar-refractivity contribution in [2.75, 3.05) is 18.9 Å². The number of rotatable bonds is 3. The van der Waals surface area contributed by atoms with Gasteiger partial charge >= 0.3 is 0 Å². The monoisotopic (exact) mass is 381 g/mol. The van der Waals surface area contributed by atoms with Crippen molar-refractivity contribution in [1.82, 2.24) is 4.90 Å². The van der Waals surface area contributed by atoms with Gasteiger partial charge in [-0.25, -0.2) is 4.39 Å². The van der Waals surface area contributed by atoms with Crippen molar-refractivity contribution in [2.45, 2.75) is 4.90 Å². The fraction of sp³-hybridized carbons (Fsp3) is 0.125. The molecule has 0 radical (unpaired) electrons. The van der Waals surface area contributed by atoms with Crippen LogP contribution in [-0.2, 0) is 14.8 Å². The maximum absolute atomic E-state index is 13.8. The Bertz CT molecular complexity index is 992. The van der Waals surface area contributed by atoms with Crippen molar-refractivity contribution in [1.29, 1.82) is 0 Å². The van der Waals surface area contributed by atoms with Gasteiger partial charge < -0.3 is 10.2 Å². The summed E-state index contributed by atoms with van der Waals surface area (Å²) in [5.74, 6) is -1.10. The Balaban J connectivity index is 1.78. The van der Waals surface area contributed by atoms with E-state index in [4.69, 9.17) is 11.6 Å². The second-order valence-electron chi connectivity index (χ2n) is 5.39. The van der Waals surface area contributed by atoms with E-state index in [0.717, 1.165) is 0 Å². The van der Waals surface area contributed by atoms with E-state index >= 15 is 0 Å². The summed E-state index contributed by atoms with van der Waals surface area (Å²) < 4.78 is 41.7. The highest BCUT2D eigenvalue weighted by Crippen LogP contribution is 2.27. The van der Waals surface area contributed by atoms with Crippen LogP contribution in [0, 0.1) is 5.82 Å². The van der Waals surface area contributed by atoms with Gasteiger partial charge in [0.25, 0.3) is 10.0 Å². The Morgan fingerprint density at radius 3 is 2.72 bits per heavy atom. The smallest absolute Gasteiger partial charge is 0.285 e. The quantitative estimate of drug-likeness (QED) is 0.886.